The van der Waals surface area contributed by atoms with Crippen molar-refractivity contribution in [3.63, 3.8) is 0 Å². The predicted octanol–water partition coefficient (Wildman–Crippen LogP) is 2.22. The highest BCUT2D eigenvalue weighted by atomic mass is 79.9. The van der Waals surface area contributed by atoms with Crippen molar-refractivity contribution in [2.24, 2.45) is 0 Å². The smallest absolute Gasteiger partial charge is 0.254 e. The molecule has 2 amide bonds. The number of aryl methyl sites for hydroxylation is 1. The van der Waals surface area contributed by atoms with E-state index in [1.54, 1.807) is 0 Å². The Balaban J connectivity index is 0.00000208. The van der Waals surface area contributed by atoms with Crippen LogP contribution in [0.4, 0.5) is 0 Å². The summed E-state index contributed by atoms with van der Waals surface area (Å²) in [5, 5.41) is 3.10. The minimum Gasteiger partial charge on any atom is -0.337 e. The molecule has 2 aliphatic rings. The highest BCUT2D eigenvalue weighted by Gasteiger charge is 2.32. The molecule has 1 aromatic carbocycles. The van der Waals surface area contributed by atoms with Crippen molar-refractivity contribution in [2.45, 2.75) is 25.8 Å². The molecule has 1 N–H and O–H groups in total. The zero-order valence-electron chi connectivity index (χ0n) is 13.8. The third-order valence-electron chi connectivity index (χ3n) is 4.67. The SMILES string of the molecule is Cc1cc(Br)ccc1C(=O)N1CCCC(N2CCNCC2=O)C1.Cl. The van der Waals surface area contributed by atoms with Gasteiger partial charge < -0.3 is 15.1 Å². The highest BCUT2D eigenvalue weighted by Crippen LogP contribution is 2.22. The molecule has 1 unspecified atom stereocenters. The van der Waals surface area contributed by atoms with E-state index in [9.17, 15) is 9.59 Å². The first-order valence-electron chi connectivity index (χ1n) is 8.12. The molecule has 5 nitrogen and oxygen atoms in total. The van der Waals surface area contributed by atoms with Gasteiger partial charge in [-0.1, -0.05) is 15.9 Å². The van der Waals surface area contributed by atoms with E-state index in [2.05, 4.69) is 21.2 Å². The molecule has 132 valence electrons. The first-order valence-corrected chi connectivity index (χ1v) is 8.91. The maximum Gasteiger partial charge on any atom is 0.254 e. The van der Waals surface area contributed by atoms with Gasteiger partial charge in [0.1, 0.15) is 0 Å². The van der Waals surface area contributed by atoms with Crippen LogP contribution in [0.5, 0.6) is 0 Å². The average Bonchev–Trinajstić information content (AvgIpc) is 2.55. The van der Waals surface area contributed by atoms with Crippen LogP contribution in [0.2, 0.25) is 0 Å². The number of hydrogen-bond acceptors (Lipinski definition) is 3. The second-order valence-corrected chi connectivity index (χ2v) is 7.19. The van der Waals surface area contributed by atoms with Crippen LogP contribution in [-0.4, -0.2) is 60.4 Å². The number of piperidine rings is 1. The number of carbonyl (C=O) groups excluding carboxylic acids is 2. The second kappa shape index (κ2) is 8.32. The van der Waals surface area contributed by atoms with E-state index in [1.165, 1.54) is 0 Å². The van der Waals surface area contributed by atoms with Gasteiger partial charge in [-0.3, -0.25) is 9.59 Å². The summed E-state index contributed by atoms with van der Waals surface area (Å²) in [4.78, 5) is 28.8. The lowest BCUT2D eigenvalue weighted by Gasteiger charge is -2.41. The van der Waals surface area contributed by atoms with Crippen LogP contribution in [0.1, 0.15) is 28.8 Å². The molecule has 0 radical (unpaired) electrons. The standard InChI is InChI=1S/C17H22BrN3O2.ClH/c1-12-9-13(18)4-5-15(12)17(23)20-7-2-3-14(11-20)21-8-6-19-10-16(21)22;/h4-5,9,14,19H,2-3,6-8,10-11H2,1H3;1H. The van der Waals surface area contributed by atoms with Gasteiger partial charge in [-0.05, 0) is 43.5 Å². The summed E-state index contributed by atoms with van der Waals surface area (Å²) in [6, 6.07) is 5.90. The van der Waals surface area contributed by atoms with Gasteiger partial charge in [0.25, 0.3) is 5.91 Å². The molecule has 0 aromatic heterocycles. The summed E-state index contributed by atoms with van der Waals surface area (Å²) < 4.78 is 0.981. The van der Waals surface area contributed by atoms with Crippen molar-refractivity contribution in [3.05, 3.63) is 33.8 Å². The van der Waals surface area contributed by atoms with Crippen LogP contribution >= 0.6 is 28.3 Å². The summed E-state index contributed by atoms with van der Waals surface area (Å²) in [5.41, 5.74) is 1.73. The Kier molecular flexibility index (Phi) is 6.66. The molecular weight excluding hydrogens is 394 g/mol. The zero-order chi connectivity index (χ0) is 16.4. The van der Waals surface area contributed by atoms with E-state index in [4.69, 9.17) is 0 Å². The number of likely N-dealkylation sites (tertiary alicyclic amines) is 1. The molecule has 2 aliphatic heterocycles. The molecule has 0 aliphatic carbocycles. The predicted molar refractivity (Wildman–Crippen MR) is 99.6 cm³/mol. The maximum absolute atomic E-state index is 12.8. The van der Waals surface area contributed by atoms with Gasteiger partial charge in [0.15, 0.2) is 0 Å². The minimum absolute atomic E-state index is 0. The Morgan fingerprint density at radius 1 is 1.33 bits per heavy atom. The van der Waals surface area contributed by atoms with E-state index in [1.807, 2.05) is 34.9 Å². The summed E-state index contributed by atoms with van der Waals surface area (Å²) >= 11 is 3.43. The topological polar surface area (TPSA) is 52.7 Å². The van der Waals surface area contributed by atoms with Crippen LogP contribution in [-0.2, 0) is 4.79 Å². The number of hydrogen-bond donors (Lipinski definition) is 1. The number of piperazine rings is 1. The van der Waals surface area contributed by atoms with Gasteiger partial charge in [-0.15, -0.1) is 12.4 Å². The largest absolute Gasteiger partial charge is 0.337 e. The number of benzene rings is 1. The Morgan fingerprint density at radius 2 is 2.12 bits per heavy atom. The van der Waals surface area contributed by atoms with E-state index in [-0.39, 0.29) is 30.3 Å². The molecule has 0 saturated carbocycles. The van der Waals surface area contributed by atoms with Gasteiger partial charge in [0.05, 0.1) is 6.54 Å². The number of nitrogens with zero attached hydrogens (tertiary/aromatic N) is 2. The summed E-state index contributed by atoms with van der Waals surface area (Å²) in [7, 11) is 0. The van der Waals surface area contributed by atoms with Crippen LogP contribution in [0.3, 0.4) is 0 Å². The summed E-state index contributed by atoms with van der Waals surface area (Å²) in [6.45, 7) is 5.35. The Bertz CT molecular complexity index is 626. The molecule has 2 heterocycles. The van der Waals surface area contributed by atoms with Crippen LogP contribution in [0, 0.1) is 6.92 Å². The van der Waals surface area contributed by atoms with Crippen LogP contribution < -0.4 is 5.32 Å². The number of nitrogens with one attached hydrogen (secondary N) is 1. The molecule has 3 rings (SSSR count). The average molecular weight is 417 g/mol. The number of carbonyl (C=O) groups is 2. The van der Waals surface area contributed by atoms with Gasteiger partial charge in [-0.25, -0.2) is 0 Å². The molecule has 0 spiro atoms. The van der Waals surface area contributed by atoms with Crippen molar-refractivity contribution >= 4 is 40.2 Å². The fourth-order valence-electron chi connectivity index (χ4n) is 3.44. The third kappa shape index (κ3) is 4.10. The van der Waals surface area contributed by atoms with Crippen molar-refractivity contribution in [3.8, 4) is 0 Å². The lowest BCUT2D eigenvalue weighted by Crippen LogP contribution is -2.57. The van der Waals surface area contributed by atoms with Crippen molar-refractivity contribution < 1.29 is 9.59 Å². The monoisotopic (exact) mass is 415 g/mol. The normalized spacial score (nSPS) is 21.4. The highest BCUT2D eigenvalue weighted by molar-refractivity contribution is 9.10. The fourth-order valence-corrected chi connectivity index (χ4v) is 3.91. The van der Waals surface area contributed by atoms with Gasteiger partial charge in [0, 0.05) is 42.3 Å². The van der Waals surface area contributed by atoms with E-state index in [0.717, 1.165) is 48.1 Å². The van der Waals surface area contributed by atoms with Crippen molar-refractivity contribution in [2.75, 3.05) is 32.7 Å². The van der Waals surface area contributed by atoms with Gasteiger partial charge >= 0.3 is 0 Å². The van der Waals surface area contributed by atoms with Crippen molar-refractivity contribution in [1.29, 1.82) is 0 Å². The number of amides is 2. The lowest BCUT2D eigenvalue weighted by atomic mass is 10.0. The Hall–Kier alpha value is -1.11. The third-order valence-corrected chi connectivity index (χ3v) is 5.16. The molecule has 24 heavy (non-hydrogen) atoms. The molecule has 1 aromatic rings. The van der Waals surface area contributed by atoms with Crippen LogP contribution in [0.15, 0.2) is 22.7 Å². The molecule has 0 bridgehead atoms. The first kappa shape index (κ1) is 19.2. The molecule has 2 saturated heterocycles. The van der Waals surface area contributed by atoms with Gasteiger partial charge in [0.2, 0.25) is 5.91 Å². The molecular formula is C17H23BrClN3O2. The second-order valence-electron chi connectivity index (χ2n) is 6.27. The lowest BCUT2D eigenvalue weighted by molar-refractivity contribution is -0.135. The summed E-state index contributed by atoms with van der Waals surface area (Å²) in [5.74, 6) is 0.220. The summed E-state index contributed by atoms with van der Waals surface area (Å²) in [6.07, 6.45) is 1.93. The molecule has 1 atom stereocenters. The first-order chi connectivity index (χ1) is 11.1. The molecule has 7 heteroatoms. The van der Waals surface area contributed by atoms with Gasteiger partial charge in [-0.2, -0.15) is 0 Å². The van der Waals surface area contributed by atoms with Crippen molar-refractivity contribution in [1.82, 2.24) is 15.1 Å². The zero-order valence-corrected chi connectivity index (χ0v) is 16.2. The number of halogens is 2. The van der Waals surface area contributed by atoms with E-state index >= 15 is 0 Å². The fraction of sp³-hybridized carbons (Fsp3) is 0.529. The Labute approximate surface area is 157 Å². The quantitative estimate of drug-likeness (QED) is 0.804. The minimum atomic E-state index is 0. The van der Waals surface area contributed by atoms with E-state index in [0.29, 0.717) is 13.1 Å². The van der Waals surface area contributed by atoms with Crippen LogP contribution in [0.25, 0.3) is 0 Å². The maximum atomic E-state index is 12.8. The number of rotatable bonds is 2. The molecule has 2 fully saturated rings. The Morgan fingerprint density at radius 3 is 2.83 bits per heavy atom. The van der Waals surface area contributed by atoms with E-state index < -0.39 is 0 Å².